The van der Waals surface area contributed by atoms with E-state index in [-0.39, 0.29) is 145 Å². The van der Waals surface area contributed by atoms with Crippen molar-refractivity contribution in [1.29, 1.82) is 0 Å². The summed E-state index contributed by atoms with van der Waals surface area (Å²) in [5.41, 5.74) is -0.0687. The largest absolute Gasteiger partial charge is 1.00 e. The number of carbonyl (C=O) groups is 4. The van der Waals surface area contributed by atoms with Gasteiger partial charge in [0.05, 0.1) is 49.8 Å². The zero-order valence-electron chi connectivity index (χ0n) is 23.3. The van der Waals surface area contributed by atoms with E-state index in [2.05, 4.69) is 27.0 Å². The normalized spacial score (nSPS) is 8.72. The minimum atomic E-state index is -0.633. The molecule has 0 aliphatic carbocycles. The molecule has 0 saturated heterocycles. The molecule has 17 heteroatoms. The van der Waals surface area contributed by atoms with E-state index < -0.39 is 5.82 Å². The topological polar surface area (TPSA) is 137 Å². The summed E-state index contributed by atoms with van der Waals surface area (Å²) in [4.78, 5) is 43.3. The molecule has 0 bridgehead atoms. The van der Waals surface area contributed by atoms with Crippen molar-refractivity contribution >= 4 is 82.0 Å². The van der Waals surface area contributed by atoms with Crippen LogP contribution in [0.4, 0.5) is 4.39 Å². The molecule has 0 unspecified atom stereocenters. The Hall–Kier alpha value is 0.173. The van der Waals surface area contributed by atoms with Gasteiger partial charge in [-0.05, 0) is 29.7 Å². The molecular weight excluding hydrogens is 668 g/mol. The summed E-state index contributed by atoms with van der Waals surface area (Å²) < 4.78 is 32.5. The molecule has 0 fully saturated rings. The Balaban J connectivity index is -0.000000244. The first kappa shape index (κ1) is 44.6. The quantitative estimate of drug-likeness (QED) is 0.0796. The average molecular weight is 692 g/mol. The second-order valence-corrected chi connectivity index (χ2v) is 8.39. The van der Waals surface area contributed by atoms with Gasteiger partial charge in [-0.15, -0.1) is 11.3 Å². The van der Waals surface area contributed by atoms with Gasteiger partial charge < -0.3 is 30.5 Å². The van der Waals surface area contributed by atoms with Gasteiger partial charge in [0.1, 0.15) is 22.2 Å². The van der Waals surface area contributed by atoms with Crippen LogP contribution in [0.5, 0.6) is 11.5 Å². The van der Waals surface area contributed by atoms with E-state index in [1.807, 2.05) is 6.07 Å². The van der Waals surface area contributed by atoms with E-state index >= 15 is 0 Å². The van der Waals surface area contributed by atoms with E-state index in [1.165, 1.54) is 38.7 Å². The summed E-state index contributed by atoms with van der Waals surface area (Å²) >= 11 is 16.6. The van der Waals surface area contributed by atoms with Gasteiger partial charge in [-0.1, -0.05) is 23.2 Å². The first-order valence-electron chi connectivity index (χ1n) is 9.80. The zero-order valence-corrected chi connectivity index (χ0v) is 31.8. The molecule has 2 aromatic carbocycles. The molecule has 40 heavy (non-hydrogen) atoms. The molecule has 3 rings (SSSR count). The number of hydrogen-bond donors (Lipinski definition) is 1. The fraction of sp³-hybridized carbons (Fsp3) is 0.217. The molecule has 3 aromatic rings. The monoisotopic (exact) mass is 690 g/mol. The predicted octanol–water partition coefficient (Wildman–Crippen LogP) is -1.71. The van der Waals surface area contributed by atoms with E-state index in [0.717, 1.165) is 16.2 Å². The zero-order chi connectivity index (χ0) is 29.3. The van der Waals surface area contributed by atoms with Gasteiger partial charge in [-0.2, -0.15) is 12.6 Å². The van der Waals surface area contributed by atoms with Crippen LogP contribution in [0.2, 0.25) is 10.0 Å². The van der Waals surface area contributed by atoms with Crippen molar-refractivity contribution in [2.45, 2.75) is 0 Å². The van der Waals surface area contributed by atoms with Gasteiger partial charge in [-0.3, -0.25) is 14.4 Å². The number of methoxy groups -OCH3 is 4. The fourth-order valence-corrected chi connectivity index (χ4v) is 3.87. The second-order valence-electron chi connectivity index (χ2n) is 6.18. The van der Waals surface area contributed by atoms with Crippen LogP contribution in [0.25, 0.3) is 10.1 Å². The fourth-order valence-electron chi connectivity index (χ4n) is 2.25. The molecule has 210 valence electrons. The predicted molar refractivity (Wildman–Crippen MR) is 142 cm³/mol. The maximum absolute atomic E-state index is 12.8. The second kappa shape index (κ2) is 25.7. The van der Waals surface area contributed by atoms with Gasteiger partial charge in [0, 0.05) is 10.8 Å². The Morgan fingerprint density at radius 2 is 1.50 bits per heavy atom. The van der Waals surface area contributed by atoms with Gasteiger partial charge in [0.25, 0.3) is 6.47 Å². The van der Waals surface area contributed by atoms with E-state index in [1.54, 1.807) is 19.2 Å². The van der Waals surface area contributed by atoms with Crippen molar-refractivity contribution in [2.75, 3.05) is 34.2 Å². The van der Waals surface area contributed by atoms with Crippen LogP contribution < -0.4 is 118 Å². The van der Waals surface area contributed by atoms with Crippen LogP contribution in [0.1, 0.15) is 21.5 Å². The van der Waals surface area contributed by atoms with Gasteiger partial charge in [0.2, 0.25) is 0 Å². The summed E-state index contributed by atoms with van der Waals surface area (Å²) in [6.45, 7) is -0.181. The molecule has 1 aromatic heterocycles. The molecule has 0 radical (unpaired) electrons. The maximum atomic E-state index is 12.8. The first-order valence-corrected chi connectivity index (χ1v) is 12.0. The summed E-state index contributed by atoms with van der Waals surface area (Å²) in [6.07, 6.45) is 0.403. The molecule has 0 aliphatic heterocycles. The Labute approximate surface area is 335 Å². The number of hydrogen-bond acceptors (Lipinski definition) is 12. The van der Waals surface area contributed by atoms with Crippen molar-refractivity contribution in [3.8, 4) is 11.5 Å². The summed E-state index contributed by atoms with van der Waals surface area (Å²) in [6, 6.07) is 7.65. The smallest absolute Gasteiger partial charge is 1.00 e. The Morgan fingerprint density at radius 3 is 1.90 bits per heavy atom. The number of ether oxygens (including phenoxy) is 4. The molecule has 0 amide bonds. The van der Waals surface area contributed by atoms with Crippen LogP contribution in [0, 0.1) is 5.82 Å². The van der Waals surface area contributed by atoms with Crippen LogP contribution >= 0.6 is 47.2 Å². The molecule has 10 nitrogen and oxygen atoms in total. The standard InChI is InChI=1S/C11H9ClO3S.C8H6ClFO2.C3H6O2S.CH2O3.2K.H/c1-14-8-5-9-6(3-7(8)12)4-10(16-9)11(13)15-2;1-12-8-3-7(10)5(4-11)2-6(8)9;1-5-3(4)2-6;2-1-4-3;;;/h3-5H,1-2H3;2-4H,1H3;6H,2H2,1H3;1,3H;;;/q;;;;2*+1;-1/p-1. The van der Waals surface area contributed by atoms with Crippen LogP contribution in [0.3, 0.4) is 0 Å². The minimum absolute atomic E-state index is 0. The third-order valence-electron chi connectivity index (χ3n) is 3.97. The number of benzene rings is 2. The molecule has 0 spiro atoms. The summed E-state index contributed by atoms with van der Waals surface area (Å²) in [5, 5.41) is 10.1. The Bertz CT molecular complexity index is 1230. The third kappa shape index (κ3) is 16.1. The van der Waals surface area contributed by atoms with Crippen molar-refractivity contribution in [2.24, 2.45) is 0 Å². The number of carbonyl (C=O) groups excluding carboxylic acids is 4. The molecule has 0 N–H and O–H groups in total. The number of rotatable bonds is 6. The minimum Gasteiger partial charge on any atom is -1.00 e. The summed E-state index contributed by atoms with van der Waals surface area (Å²) in [7, 11) is 5.63. The SMILES string of the molecule is COC(=O)CS.COC(=O)c1cc2cc(Cl)c(OC)cc2s1.COc1cc(F)c(C=O)cc1Cl.O=CO[O-].[H-].[K+].[K+]. The molecule has 1 heterocycles. The van der Waals surface area contributed by atoms with Gasteiger partial charge in [-0.25, -0.2) is 9.18 Å². The van der Waals surface area contributed by atoms with Crippen molar-refractivity contribution in [3.63, 3.8) is 0 Å². The number of fused-ring (bicyclic) bond motifs is 1. The third-order valence-corrected chi connectivity index (χ3v) is 5.90. The number of thiophene rings is 1. The average Bonchev–Trinajstić information content (AvgIpc) is 3.36. The van der Waals surface area contributed by atoms with Gasteiger partial charge in [0.15, 0.2) is 6.29 Å². The molecule has 0 saturated carbocycles. The van der Waals surface area contributed by atoms with E-state index in [9.17, 15) is 18.8 Å². The van der Waals surface area contributed by atoms with E-state index in [4.69, 9.17) is 42.7 Å². The molecule has 0 atom stereocenters. The van der Waals surface area contributed by atoms with Crippen LogP contribution in [-0.4, -0.2) is 58.9 Å². The Kier molecular flexibility index (Phi) is 28.6. The van der Waals surface area contributed by atoms with Crippen molar-refractivity contribution < 1.29 is 157 Å². The van der Waals surface area contributed by atoms with Crippen molar-refractivity contribution in [1.82, 2.24) is 0 Å². The van der Waals surface area contributed by atoms with Crippen molar-refractivity contribution in [3.05, 3.63) is 56.6 Å². The number of aldehydes is 1. The van der Waals surface area contributed by atoms with Crippen LogP contribution in [0.15, 0.2) is 30.3 Å². The number of thiol groups is 1. The number of esters is 2. The Morgan fingerprint density at radius 1 is 0.975 bits per heavy atom. The maximum Gasteiger partial charge on any atom is 1.00 e. The number of halogens is 3. The van der Waals surface area contributed by atoms with Gasteiger partial charge >= 0.3 is 115 Å². The summed E-state index contributed by atoms with van der Waals surface area (Å²) in [5.74, 6) is -0.274. The molecule has 0 aliphatic rings. The van der Waals surface area contributed by atoms with E-state index in [0.29, 0.717) is 21.9 Å². The van der Waals surface area contributed by atoms with Crippen LogP contribution in [-0.2, 0) is 24.0 Å². The molecular formula is C23H23Cl2FK2O10S2. The first-order chi connectivity index (χ1) is 18.1.